The molecule has 0 heterocycles. The number of rotatable bonds is 6. The van der Waals surface area contributed by atoms with E-state index in [2.05, 4.69) is 41.7 Å². The minimum absolute atomic E-state index is 0.0846. The van der Waals surface area contributed by atoms with Gasteiger partial charge in [-0.1, -0.05) is 104 Å². The molecule has 1 saturated carbocycles. The van der Waals surface area contributed by atoms with Crippen LogP contribution in [0.1, 0.15) is 54.3 Å². The molecular formula is C26H27NO. The van der Waals surface area contributed by atoms with E-state index in [0.29, 0.717) is 5.92 Å². The Kier molecular flexibility index (Phi) is 5.86. The second kappa shape index (κ2) is 8.88. The number of carbonyl (C=O) groups is 1. The van der Waals surface area contributed by atoms with Gasteiger partial charge in [0.25, 0.3) is 0 Å². The van der Waals surface area contributed by atoms with Crippen LogP contribution in [0.15, 0.2) is 91.0 Å². The van der Waals surface area contributed by atoms with Gasteiger partial charge in [0.2, 0.25) is 5.91 Å². The summed E-state index contributed by atoms with van der Waals surface area (Å²) in [6.07, 6.45) is 4.72. The van der Waals surface area contributed by atoms with Crippen LogP contribution >= 0.6 is 0 Å². The molecule has 1 aliphatic rings. The van der Waals surface area contributed by atoms with Crippen LogP contribution in [0.5, 0.6) is 0 Å². The standard InChI is InChI=1S/C26H27NO/c28-26(24(21-14-10-11-15-21)20-12-4-1-5-13-20)27-25(22-16-6-2-7-17-22)23-18-8-3-9-19-23/h1-9,12-13,16-19,21,24-25H,10-11,14-15H2,(H,27,28)/t24-/m0/s1. The Morgan fingerprint density at radius 1 is 0.679 bits per heavy atom. The fourth-order valence-electron chi connectivity index (χ4n) is 4.47. The second-order valence-corrected chi connectivity index (χ2v) is 7.70. The number of hydrogen-bond acceptors (Lipinski definition) is 1. The van der Waals surface area contributed by atoms with Gasteiger partial charge in [-0.15, -0.1) is 0 Å². The molecule has 0 radical (unpaired) electrons. The maximum absolute atomic E-state index is 13.6. The number of amides is 1. The molecule has 1 fully saturated rings. The van der Waals surface area contributed by atoms with Gasteiger partial charge in [0.05, 0.1) is 12.0 Å². The smallest absolute Gasteiger partial charge is 0.228 e. The van der Waals surface area contributed by atoms with E-state index in [0.717, 1.165) is 29.5 Å². The summed E-state index contributed by atoms with van der Waals surface area (Å²) in [5, 5.41) is 3.39. The molecule has 0 aromatic heterocycles. The van der Waals surface area contributed by atoms with Gasteiger partial charge >= 0.3 is 0 Å². The van der Waals surface area contributed by atoms with Crippen LogP contribution < -0.4 is 5.32 Å². The second-order valence-electron chi connectivity index (χ2n) is 7.70. The average molecular weight is 370 g/mol. The van der Waals surface area contributed by atoms with E-state index in [1.807, 2.05) is 54.6 Å². The zero-order chi connectivity index (χ0) is 19.2. The van der Waals surface area contributed by atoms with Crippen molar-refractivity contribution in [3.8, 4) is 0 Å². The third-order valence-corrected chi connectivity index (χ3v) is 5.86. The lowest BCUT2D eigenvalue weighted by Crippen LogP contribution is -2.36. The normalized spacial score (nSPS) is 15.5. The lowest BCUT2D eigenvalue weighted by molar-refractivity contribution is -0.124. The van der Waals surface area contributed by atoms with Crippen molar-refractivity contribution in [1.29, 1.82) is 0 Å². The SMILES string of the molecule is O=C(NC(c1ccccc1)c1ccccc1)[C@@H](c1ccccc1)C1CCCC1. The summed E-state index contributed by atoms with van der Waals surface area (Å²) in [5.41, 5.74) is 3.35. The first-order chi connectivity index (χ1) is 13.8. The Morgan fingerprint density at radius 2 is 1.11 bits per heavy atom. The van der Waals surface area contributed by atoms with Crippen LogP contribution in [0.25, 0.3) is 0 Å². The first-order valence-corrected chi connectivity index (χ1v) is 10.3. The molecular weight excluding hydrogens is 342 g/mol. The van der Waals surface area contributed by atoms with Crippen LogP contribution in [-0.4, -0.2) is 5.91 Å². The highest BCUT2D eigenvalue weighted by atomic mass is 16.2. The van der Waals surface area contributed by atoms with Gasteiger partial charge in [0.1, 0.15) is 0 Å². The van der Waals surface area contributed by atoms with Crippen LogP contribution in [0.3, 0.4) is 0 Å². The summed E-state index contributed by atoms with van der Waals surface area (Å²) in [5.74, 6) is 0.476. The van der Waals surface area contributed by atoms with Crippen molar-refractivity contribution in [1.82, 2.24) is 5.32 Å². The lowest BCUT2D eigenvalue weighted by atomic mass is 9.83. The molecule has 4 rings (SSSR count). The molecule has 3 aromatic carbocycles. The van der Waals surface area contributed by atoms with Crippen molar-refractivity contribution in [2.24, 2.45) is 5.92 Å². The van der Waals surface area contributed by atoms with E-state index in [4.69, 9.17) is 0 Å². The van der Waals surface area contributed by atoms with Gasteiger partial charge in [-0.25, -0.2) is 0 Å². The highest BCUT2D eigenvalue weighted by Crippen LogP contribution is 2.38. The van der Waals surface area contributed by atoms with Crippen LogP contribution in [0.2, 0.25) is 0 Å². The van der Waals surface area contributed by atoms with E-state index in [1.54, 1.807) is 0 Å². The van der Waals surface area contributed by atoms with Crippen LogP contribution in [-0.2, 0) is 4.79 Å². The predicted octanol–water partition coefficient (Wildman–Crippen LogP) is 5.87. The molecule has 1 N–H and O–H groups in total. The monoisotopic (exact) mass is 369 g/mol. The largest absolute Gasteiger partial charge is 0.345 e. The summed E-state index contributed by atoms with van der Waals surface area (Å²) in [7, 11) is 0. The first-order valence-electron chi connectivity index (χ1n) is 10.3. The summed E-state index contributed by atoms with van der Waals surface area (Å²) in [4.78, 5) is 13.6. The van der Waals surface area contributed by atoms with Crippen LogP contribution in [0.4, 0.5) is 0 Å². The quantitative estimate of drug-likeness (QED) is 0.579. The molecule has 2 heteroatoms. The van der Waals surface area contributed by atoms with Crippen molar-refractivity contribution in [3.05, 3.63) is 108 Å². The van der Waals surface area contributed by atoms with Crippen molar-refractivity contribution >= 4 is 5.91 Å². The van der Waals surface area contributed by atoms with Gasteiger partial charge in [0.15, 0.2) is 0 Å². The van der Waals surface area contributed by atoms with Crippen molar-refractivity contribution in [3.63, 3.8) is 0 Å². The maximum atomic E-state index is 13.6. The first kappa shape index (κ1) is 18.5. The molecule has 0 spiro atoms. The Hall–Kier alpha value is -2.87. The summed E-state index contributed by atoms with van der Waals surface area (Å²) in [6, 6.07) is 30.7. The van der Waals surface area contributed by atoms with E-state index in [9.17, 15) is 4.79 Å². The Morgan fingerprint density at radius 3 is 1.57 bits per heavy atom. The van der Waals surface area contributed by atoms with E-state index < -0.39 is 0 Å². The summed E-state index contributed by atoms with van der Waals surface area (Å²) in [6.45, 7) is 0. The maximum Gasteiger partial charge on any atom is 0.228 e. The molecule has 2 nitrogen and oxygen atoms in total. The van der Waals surface area contributed by atoms with Gasteiger partial charge < -0.3 is 5.32 Å². The molecule has 1 atom stereocenters. The van der Waals surface area contributed by atoms with Gasteiger partial charge in [-0.2, -0.15) is 0 Å². The number of hydrogen-bond donors (Lipinski definition) is 1. The molecule has 1 aliphatic carbocycles. The minimum atomic E-state index is -0.137. The fraction of sp³-hybridized carbons (Fsp3) is 0.269. The Bertz CT molecular complexity index is 831. The third kappa shape index (κ3) is 4.17. The van der Waals surface area contributed by atoms with Crippen molar-refractivity contribution in [2.45, 2.75) is 37.6 Å². The molecule has 1 amide bonds. The Labute approximate surface area is 167 Å². The van der Waals surface area contributed by atoms with E-state index in [-0.39, 0.29) is 17.9 Å². The van der Waals surface area contributed by atoms with Gasteiger partial charge in [-0.3, -0.25) is 4.79 Å². The number of carbonyl (C=O) groups excluding carboxylic acids is 1. The number of nitrogens with one attached hydrogen (secondary N) is 1. The van der Waals surface area contributed by atoms with E-state index >= 15 is 0 Å². The summed E-state index contributed by atoms with van der Waals surface area (Å²) < 4.78 is 0. The van der Waals surface area contributed by atoms with Gasteiger partial charge in [0, 0.05) is 0 Å². The molecule has 0 aliphatic heterocycles. The highest BCUT2D eigenvalue weighted by molar-refractivity contribution is 5.84. The third-order valence-electron chi connectivity index (χ3n) is 5.86. The zero-order valence-electron chi connectivity index (χ0n) is 16.1. The van der Waals surface area contributed by atoms with Crippen molar-refractivity contribution < 1.29 is 4.79 Å². The molecule has 0 saturated heterocycles. The fourth-order valence-corrected chi connectivity index (χ4v) is 4.47. The topological polar surface area (TPSA) is 29.1 Å². The zero-order valence-corrected chi connectivity index (χ0v) is 16.1. The lowest BCUT2D eigenvalue weighted by Gasteiger charge is -2.27. The minimum Gasteiger partial charge on any atom is -0.345 e. The van der Waals surface area contributed by atoms with Crippen LogP contribution in [0, 0.1) is 5.92 Å². The predicted molar refractivity (Wildman–Crippen MR) is 114 cm³/mol. The molecule has 0 bridgehead atoms. The number of benzene rings is 3. The van der Waals surface area contributed by atoms with Gasteiger partial charge in [-0.05, 0) is 35.4 Å². The molecule has 3 aromatic rings. The van der Waals surface area contributed by atoms with Crippen molar-refractivity contribution in [2.75, 3.05) is 0 Å². The summed E-state index contributed by atoms with van der Waals surface area (Å²) >= 11 is 0. The molecule has 0 unspecified atom stereocenters. The Balaban J connectivity index is 1.65. The van der Waals surface area contributed by atoms with E-state index in [1.165, 1.54) is 12.8 Å². The molecule has 28 heavy (non-hydrogen) atoms. The molecule has 142 valence electrons. The average Bonchev–Trinajstić information content (AvgIpc) is 3.28. The highest BCUT2D eigenvalue weighted by Gasteiger charge is 2.33.